The van der Waals surface area contributed by atoms with Crippen LogP contribution in [0.15, 0.2) is 0 Å². The fourth-order valence-corrected chi connectivity index (χ4v) is 3.18. The third-order valence-electron chi connectivity index (χ3n) is 4.96. The van der Waals surface area contributed by atoms with Gasteiger partial charge in [0.05, 0.1) is 20.3 Å². The van der Waals surface area contributed by atoms with E-state index >= 15 is 0 Å². The maximum absolute atomic E-state index is 5.72. The van der Waals surface area contributed by atoms with Crippen LogP contribution in [0, 0.1) is 34.6 Å². The van der Waals surface area contributed by atoms with E-state index < -0.39 is 0 Å². The van der Waals surface area contributed by atoms with Crippen LogP contribution in [0.5, 0.6) is 11.8 Å². The average Bonchev–Trinajstić information content (AvgIpc) is 2.90. The molecule has 1 aromatic carbocycles. The van der Waals surface area contributed by atoms with Crippen molar-refractivity contribution >= 4 is 0 Å². The predicted molar refractivity (Wildman–Crippen MR) is 94.8 cm³/mol. The van der Waals surface area contributed by atoms with Gasteiger partial charge in [-0.1, -0.05) is 0 Å². The van der Waals surface area contributed by atoms with E-state index in [0.29, 0.717) is 5.88 Å². The van der Waals surface area contributed by atoms with Gasteiger partial charge >= 0.3 is 0 Å². The molecule has 0 amide bonds. The van der Waals surface area contributed by atoms with Crippen molar-refractivity contribution in [1.29, 1.82) is 0 Å². The second-order valence-corrected chi connectivity index (χ2v) is 6.43. The van der Waals surface area contributed by atoms with Gasteiger partial charge in [-0.25, -0.2) is 4.68 Å². The summed E-state index contributed by atoms with van der Waals surface area (Å²) in [4.78, 5) is 0. The van der Waals surface area contributed by atoms with E-state index in [-0.39, 0.29) is 26.5 Å². The second kappa shape index (κ2) is 7.72. The number of nitrogens with zero attached hydrogens (tertiary/aromatic N) is 2. The summed E-state index contributed by atoms with van der Waals surface area (Å²) in [6, 6.07) is 0.195. The van der Waals surface area contributed by atoms with Crippen LogP contribution in [-0.2, 0) is 20.4 Å². The van der Waals surface area contributed by atoms with Gasteiger partial charge in [0.2, 0.25) is 11.8 Å². The Labute approximate surface area is 159 Å². The standard InChI is InChI=1S/C19H28N2O2.Pd/c1-10(2)21-19(23-9)17(18(20-21)22-8)16-14(6)12(4)11(3)13(5)15(16)7;/h10H,1-9H3;. The fourth-order valence-electron chi connectivity index (χ4n) is 3.18. The molecule has 0 spiro atoms. The number of aromatic nitrogens is 2. The minimum absolute atomic E-state index is 0. The molecule has 0 aliphatic carbocycles. The van der Waals surface area contributed by atoms with Gasteiger partial charge in [-0.3, -0.25) is 0 Å². The number of benzene rings is 1. The summed E-state index contributed by atoms with van der Waals surface area (Å²) in [5.74, 6) is 1.37. The molecular formula is C19H28N2O2Pd. The van der Waals surface area contributed by atoms with Crippen molar-refractivity contribution in [3.05, 3.63) is 27.8 Å². The molecule has 0 unspecified atom stereocenters. The molecule has 136 valence electrons. The normalized spacial score (nSPS) is 10.8. The Kier molecular flexibility index (Phi) is 6.67. The monoisotopic (exact) mass is 422 g/mol. The minimum Gasteiger partial charge on any atom is -0.481 e. The molecule has 0 saturated heterocycles. The van der Waals surface area contributed by atoms with E-state index in [1.165, 1.54) is 33.4 Å². The van der Waals surface area contributed by atoms with E-state index in [9.17, 15) is 0 Å². The van der Waals surface area contributed by atoms with E-state index in [4.69, 9.17) is 9.47 Å². The van der Waals surface area contributed by atoms with Crippen LogP contribution >= 0.6 is 0 Å². The molecule has 0 N–H and O–H groups in total. The van der Waals surface area contributed by atoms with Crippen molar-refractivity contribution in [2.45, 2.75) is 54.5 Å². The van der Waals surface area contributed by atoms with Gasteiger partial charge in [0.25, 0.3) is 0 Å². The molecule has 2 aromatic rings. The van der Waals surface area contributed by atoms with Crippen molar-refractivity contribution in [2.75, 3.05) is 14.2 Å². The summed E-state index contributed by atoms with van der Waals surface area (Å²) in [6.07, 6.45) is 0. The minimum atomic E-state index is 0. The maximum Gasteiger partial charge on any atom is 0.244 e. The third kappa shape index (κ3) is 3.12. The molecule has 0 fully saturated rings. The number of methoxy groups -OCH3 is 2. The first-order chi connectivity index (χ1) is 10.8. The van der Waals surface area contributed by atoms with E-state index in [1.807, 2.05) is 4.68 Å². The van der Waals surface area contributed by atoms with Crippen LogP contribution < -0.4 is 9.47 Å². The van der Waals surface area contributed by atoms with Crippen LogP contribution in [0.2, 0.25) is 0 Å². The topological polar surface area (TPSA) is 36.3 Å². The zero-order valence-electron chi connectivity index (χ0n) is 16.1. The van der Waals surface area contributed by atoms with Crippen LogP contribution in [0.25, 0.3) is 11.1 Å². The van der Waals surface area contributed by atoms with Crippen molar-refractivity contribution in [3.63, 3.8) is 0 Å². The molecule has 0 saturated carbocycles. The largest absolute Gasteiger partial charge is 0.481 e. The smallest absolute Gasteiger partial charge is 0.244 e. The summed E-state index contributed by atoms with van der Waals surface area (Å²) in [6.45, 7) is 15.0. The van der Waals surface area contributed by atoms with Crippen LogP contribution in [0.1, 0.15) is 47.7 Å². The van der Waals surface area contributed by atoms with Crippen molar-refractivity contribution < 1.29 is 29.9 Å². The molecule has 5 heteroatoms. The van der Waals surface area contributed by atoms with E-state index in [0.717, 1.165) is 11.4 Å². The SMILES string of the molecule is COc1nn(C(C)C)c(OC)c1-c1c(C)c(C)c(C)c(C)c1C.[Pd]. The first-order valence-corrected chi connectivity index (χ1v) is 8.03. The molecule has 0 aliphatic heterocycles. The summed E-state index contributed by atoms with van der Waals surface area (Å²) < 4.78 is 13.2. The number of rotatable bonds is 4. The van der Waals surface area contributed by atoms with Crippen LogP contribution in [0.3, 0.4) is 0 Å². The zero-order chi connectivity index (χ0) is 17.5. The molecule has 0 radical (unpaired) electrons. The van der Waals surface area contributed by atoms with Gasteiger partial charge in [-0.2, -0.15) is 0 Å². The molecule has 4 nitrogen and oxygen atoms in total. The van der Waals surface area contributed by atoms with Gasteiger partial charge in [0.1, 0.15) is 5.56 Å². The Balaban J connectivity index is 0.00000288. The van der Waals surface area contributed by atoms with Gasteiger partial charge in [-0.15, -0.1) is 5.10 Å². The number of hydrogen-bond donors (Lipinski definition) is 0. The van der Waals surface area contributed by atoms with Crippen LogP contribution in [-0.4, -0.2) is 24.0 Å². The van der Waals surface area contributed by atoms with Crippen molar-refractivity contribution in [1.82, 2.24) is 9.78 Å². The Morgan fingerprint density at radius 3 is 1.58 bits per heavy atom. The fraction of sp³-hybridized carbons (Fsp3) is 0.526. The molecule has 1 heterocycles. The molecule has 0 atom stereocenters. The summed E-state index contributed by atoms with van der Waals surface area (Å²) >= 11 is 0. The Morgan fingerprint density at radius 2 is 1.21 bits per heavy atom. The second-order valence-electron chi connectivity index (χ2n) is 6.43. The summed E-state index contributed by atoms with van der Waals surface area (Å²) in [7, 11) is 3.35. The summed E-state index contributed by atoms with van der Waals surface area (Å²) in [5, 5.41) is 4.61. The Hall–Kier alpha value is -1.31. The van der Waals surface area contributed by atoms with Gasteiger partial charge in [0.15, 0.2) is 0 Å². The maximum atomic E-state index is 5.72. The van der Waals surface area contributed by atoms with E-state index in [2.05, 4.69) is 53.6 Å². The summed E-state index contributed by atoms with van der Waals surface area (Å²) in [5.41, 5.74) is 8.60. The predicted octanol–water partition coefficient (Wildman–Crippen LogP) is 4.69. The molecule has 0 aliphatic rings. The number of hydrogen-bond acceptors (Lipinski definition) is 3. The Morgan fingerprint density at radius 1 is 0.750 bits per heavy atom. The number of ether oxygens (including phenoxy) is 2. The van der Waals surface area contributed by atoms with E-state index in [1.54, 1.807) is 14.2 Å². The quantitative estimate of drug-likeness (QED) is 0.671. The molecule has 2 rings (SSSR count). The van der Waals surface area contributed by atoms with Gasteiger partial charge in [-0.05, 0) is 81.8 Å². The van der Waals surface area contributed by atoms with Gasteiger partial charge < -0.3 is 9.47 Å². The molecule has 0 bridgehead atoms. The molecular weight excluding hydrogens is 395 g/mol. The molecule has 24 heavy (non-hydrogen) atoms. The van der Waals surface area contributed by atoms with Crippen molar-refractivity contribution in [3.8, 4) is 22.9 Å². The zero-order valence-corrected chi connectivity index (χ0v) is 17.7. The third-order valence-corrected chi connectivity index (χ3v) is 4.96. The van der Waals surface area contributed by atoms with Crippen LogP contribution in [0.4, 0.5) is 0 Å². The molecule has 1 aromatic heterocycles. The first kappa shape index (κ1) is 20.7. The van der Waals surface area contributed by atoms with Gasteiger partial charge in [0, 0.05) is 20.4 Å². The van der Waals surface area contributed by atoms with Crippen molar-refractivity contribution in [2.24, 2.45) is 0 Å². The first-order valence-electron chi connectivity index (χ1n) is 8.03. The Bertz CT molecular complexity index is 720. The average molecular weight is 423 g/mol.